The molecule has 0 aliphatic heterocycles. The van der Waals surface area contributed by atoms with Gasteiger partial charge in [0.25, 0.3) is 5.91 Å². The zero-order chi connectivity index (χ0) is 18.0. The molecule has 0 saturated carbocycles. The SMILES string of the molecule is COC(=O)c1c(NC(=S)NC(=O)c2cccc(Br)c2)sc2c1CCC2. The smallest absolute Gasteiger partial charge is 0.341 e. The van der Waals surface area contributed by atoms with Gasteiger partial charge in [-0.15, -0.1) is 11.3 Å². The van der Waals surface area contributed by atoms with Gasteiger partial charge >= 0.3 is 5.97 Å². The molecule has 130 valence electrons. The summed E-state index contributed by atoms with van der Waals surface area (Å²) < 4.78 is 5.70. The molecule has 1 amide bonds. The predicted molar refractivity (Wildman–Crippen MR) is 106 cm³/mol. The summed E-state index contributed by atoms with van der Waals surface area (Å²) in [7, 11) is 1.36. The fourth-order valence-corrected chi connectivity index (χ4v) is 4.69. The second-order valence-electron chi connectivity index (χ2n) is 5.47. The number of halogens is 1. The molecule has 25 heavy (non-hydrogen) atoms. The molecule has 2 aromatic rings. The number of anilines is 1. The van der Waals surface area contributed by atoms with Crippen molar-refractivity contribution in [2.45, 2.75) is 19.3 Å². The summed E-state index contributed by atoms with van der Waals surface area (Å²) in [6.45, 7) is 0. The highest BCUT2D eigenvalue weighted by Gasteiger charge is 2.27. The van der Waals surface area contributed by atoms with Crippen molar-refractivity contribution in [2.24, 2.45) is 0 Å². The molecule has 1 aliphatic rings. The molecule has 3 rings (SSSR count). The Labute approximate surface area is 162 Å². The number of thiocarbonyl (C=S) groups is 1. The number of nitrogens with one attached hydrogen (secondary N) is 2. The minimum absolute atomic E-state index is 0.148. The number of benzene rings is 1. The first-order valence-electron chi connectivity index (χ1n) is 7.60. The number of fused-ring (bicyclic) bond motifs is 1. The molecule has 1 aromatic carbocycles. The molecule has 0 saturated heterocycles. The van der Waals surface area contributed by atoms with Crippen LogP contribution in [0, 0.1) is 0 Å². The maximum atomic E-state index is 12.3. The van der Waals surface area contributed by atoms with Crippen LogP contribution in [0.2, 0.25) is 0 Å². The predicted octanol–water partition coefficient (Wildman–Crippen LogP) is 3.91. The second-order valence-corrected chi connectivity index (χ2v) is 7.90. The topological polar surface area (TPSA) is 67.4 Å². The minimum Gasteiger partial charge on any atom is -0.465 e. The quantitative estimate of drug-likeness (QED) is 0.561. The lowest BCUT2D eigenvalue weighted by Crippen LogP contribution is -2.34. The molecule has 0 spiro atoms. The van der Waals surface area contributed by atoms with Crippen LogP contribution in [-0.4, -0.2) is 24.1 Å². The highest BCUT2D eigenvalue weighted by atomic mass is 79.9. The molecule has 0 bridgehead atoms. The Kier molecular flexibility index (Phi) is 5.51. The van der Waals surface area contributed by atoms with Crippen LogP contribution in [0.5, 0.6) is 0 Å². The summed E-state index contributed by atoms with van der Waals surface area (Å²) in [5.41, 5.74) is 2.04. The molecule has 5 nitrogen and oxygen atoms in total. The van der Waals surface area contributed by atoms with Crippen molar-refractivity contribution in [1.29, 1.82) is 0 Å². The fraction of sp³-hybridized carbons (Fsp3) is 0.235. The summed E-state index contributed by atoms with van der Waals surface area (Å²) in [6.07, 6.45) is 2.84. The highest BCUT2D eigenvalue weighted by Crippen LogP contribution is 2.39. The summed E-state index contributed by atoms with van der Waals surface area (Å²) in [4.78, 5) is 25.6. The average molecular weight is 439 g/mol. The van der Waals surface area contributed by atoms with Crippen LogP contribution in [0.4, 0.5) is 5.00 Å². The molecule has 1 aliphatic carbocycles. The van der Waals surface area contributed by atoms with E-state index >= 15 is 0 Å². The van der Waals surface area contributed by atoms with Crippen molar-refractivity contribution in [3.63, 3.8) is 0 Å². The lowest BCUT2D eigenvalue weighted by atomic mass is 10.1. The number of amides is 1. The van der Waals surface area contributed by atoms with Crippen molar-refractivity contribution in [2.75, 3.05) is 12.4 Å². The first kappa shape index (κ1) is 18.0. The van der Waals surface area contributed by atoms with E-state index in [9.17, 15) is 9.59 Å². The standard InChI is InChI=1S/C17H15BrN2O3S2/c1-23-16(22)13-11-6-3-7-12(11)25-15(13)20-17(24)19-14(21)9-4-2-5-10(18)8-9/h2,4-5,8H,3,6-7H2,1H3,(H2,19,20,21,24). The van der Waals surface area contributed by atoms with Crippen LogP contribution in [0.15, 0.2) is 28.7 Å². The van der Waals surface area contributed by atoms with Crippen molar-refractivity contribution in [3.8, 4) is 0 Å². The summed E-state index contributed by atoms with van der Waals surface area (Å²) >= 11 is 10.1. The van der Waals surface area contributed by atoms with Gasteiger partial charge in [0.1, 0.15) is 5.00 Å². The van der Waals surface area contributed by atoms with E-state index < -0.39 is 0 Å². The van der Waals surface area contributed by atoms with Crippen molar-refractivity contribution in [1.82, 2.24) is 5.32 Å². The number of hydrogen-bond acceptors (Lipinski definition) is 5. The zero-order valence-corrected chi connectivity index (χ0v) is 16.6. The molecule has 0 atom stereocenters. The van der Waals surface area contributed by atoms with Crippen molar-refractivity contribution in [3.05, 3.63) is 50.3 Å². The van der Waals surface area contributed by atoms with E-state index in [4.69, 9.17) is 17.0 Å². The molecular formula is C17H15BrN2O3S2. The molecule has 0 unspecified atom stereocenters. The van der Waals surface area contributed by atoms with E-state index in [2.05, 4.69) is 26.6 Å². The van der Waals surface area contributed by atoms with Gasteiger partial charge in [0.05, 0.1) is 12.7 Å². The van der Waals surface area contributed by atoms with Crippen LogP contribution in [0.1, 0.15) is 37.6 Å². The Morgan fingerprint density at radius 2 is 2.12 bits per heavy atom. The summed E-state index contributed by atoms with van der Waals surface area (Å²) in [5.74, 6) is -0.703. The van der Waals surface area contributed by atoms with Crippen LogP contribution >= 0.6 is 39.5 Å². The fourth-order valence-electron chi connectivity index (χ4n) is 2.75. The number of thiophene rings is 1. The first-order valence-corrected chi connectivity index (χ1v) is 9.62. The van der Waals surface area contributed by atoms with E-state index in [0.29, 0.717) is 16.1 Å². The second kappa shape index (κ2) is 7.63. The zero-order valence-electron chi connectivity index (χ0n) is 13.3. The number of methoxy groups -OCH3 is 1. The monoisotopic (exact) mass is 438 g/mol. The third-order valence-electron chi connectivity index (χ3n) is 3.85. The normalized spacial score (nSPS) is 12.4. The number of hydrogen-bond donors (Lipinski definition) is 2. The lowest BCUT2D eigenvalue weighted by molar-refractivity contribution is 0.0601. The van der Waals surface area contributed by atoms with E-state index in [1.54, 1.807) is 18.2 Å². The lowest BCUT2D eigenvalue weighted by Gasteiger charge is -2.10. The van der Waals surface area contributed by atoms with Gasteiger partial charge in [0, 0.05) is 14.9 Å². The summed E-state index contributed by atoms with van der Waals surface area (Å²) in [6, 6.07) is 7.01. The van der Waals surface area contributed by atoms with E-state index in [1.165, 1.54) is 23.3 Å². The number of rotatable bonds is 3. The van der Waals surface area contributed by atoms with E-state index in [1.807, 2.05) is 6.07 Å². The Bertz CT molecular complexity index is 864. The van der Waals surface area contributed by atoms with E-state index in [-0.39, 0.29) is 17.0 Å². The Balaban J connectivity index is 1.75. The average Bonchev–Trinajstić information content (AvgIpc) is 3.14. The number of carbonyl (C=O) groups excluding carboxylic acids is 2. The van der Waals surface area contributed by atoms with Gasteiger partial charge in [-0.1, -0.05) is 22.0 Å². The van der Waals surface area contributed by atoms with Gasteiger partial charge in [-0.25, -0.2) is 4.79 Å². The number of esters is 1. The largest absolute Gasteiger partial charge is 0.465 e. The maximum absolute atomic E-state index is 12.3. The number of carbonyl (C=O) groups is 2. The van der Waals surface area contributed by atoms with Gasteiger partial charge < -0.3 is 10.1 Å². The Morgan fingerprint density at radius 3 is 2.84 bits per heavy atom. The van der Waals surface area contributed by atoms with Gasteiger partial charge in [-0.3, -0.25) is 10.1 Å². The third kappa shape index (κ3) is 3.91. The van der Waals surface area contributed by atoms with Gasteiger partial charge in [0.15, 0.2) is 5.11 Å². The third-order valence-corrected chi connectivity index (χ3v) is 5.76. The first-order chi connectivity index (χ1) is 12.0. The van der Waals surface area contributed by atoms with Crippen LogP contribution < -0.4 is 10.6 Å². The maximum Gasteiger partial charge on any atom is 0.341 e. The van der Waals surface area contributed by atoms with Crippen LogP contribution in [-0.2, 0) is 17.6 Å². The molecular weight excluding hydrogens is 424 g/mol. The molecule has 0 radical (unpaired) electrons. The molecule has 2 N–H and O–H groups in total. The van der Waals surface area contributed by atoms with Gasteiger partial charge in [-0.05, 0) is 55.2 Å². The molecule has 8 heteroatoms. The van der Waals surface area contributed by atoms with Crippen molar-refractivity contribution >= 4 is 61.5 Å². The van der Waals surface area contributed by atoms with Crippen molar-refractivity contribution < 1.29 is 14.3 Å². The molecule has 1 heterocycles. The van der Waals surface area contributed by atoms with E-state index in [0.717, 1.165) is 29.3 Å². The van der Waals surface area contributed by atoms with Gasteiger partial charge in [-0.2, -0.15) is 0 Å². The van der Waals surface area contributed by atoms with Crippen LogP contribution in [0.3, 0.4) is 0 Å². The molecule has 0 fully saturated rings. The number of aryl methyl sites for hydroxylation is 1. The Morgan fingerprint density at radius 1 is 1.32 bits per heavy atom. The molecule has 1 aromatic heterocycles. The van der Waals surface area contributed by atoms with Crippen LogP contribution in [0.25, 0.3) is 0 Å². The van der Waals surface area contributed by atoms with Gasteiger partial charge in [0.2, 0.25) is 0 Å². The highest BCUT2D eigenvalue weighted by molar-refractivity contribution is 9.10. The minimum atomic E-state index is -0.386. The number of ether oxygens (including phenoxy) is 1. The summed E-state index contributed by atoms with van der Waals surface area (Å²) in [5, 5.41) is 6.38. The Hall–Kier alpha value is -1.77.